The molecule has 0 saturated carbocycles. The maximum atomic E-state index is 12.8. The Labute approximate surface area is 204 Å². The molecule has 32 heavy (non-hydrogen) atoms. The molecule has 0 aliphatic carbocycles. The number of nitrogens with one attached hydrogen (secondary N) is 1. The summed E-state index contributed by atoms with van der Waals surface area (Å²) in [6.45, 7) is 4.59. The largest absolute Gasteiger partial charge is 0.490 e. The van der Waals surface area contributed by atoms with Crippen molar-refractivity contribution in [3.63, 3.8) is 0 Å². The lowest BCUT2D eigenvalue weighted by Gasteiger charge is -2.13. The third-order valence-electron chi connectivity index (χ3n) is 4.33. The third-order valence-corrected chi connectivity index (χ3v) is 5.96. The average Bonchev–Trinajstić information content (AvgIpc) is 3.02. The number of ether oxygens (including phenoxy) is 2. The average molecular weight is 566 g/mol. The molecule has 2 aromatic carbocycles. The van der Waals surface area contributed by atoms with E-state index in [0.29, 0.717) is 36.0 Å². The summed E-state index contributed by atoms with van der Waals surface area (Å²) in [6, 6.07) is 12.6. The minimum atomic E-state index is -0.498. The smallest absolute Gasteiger partial charge is 0.294 e. The molecule has 0 unspecified atom stereocenters. The second kappa shape index (κ2) is 11.4. The molecule has 0 aromatic heterocycles. The van der Waals surface area contributed by atoms with E-state index in [1.807, 2.05) is 26.0 Å². The predicted octanol–water partition coefficient (Wildman–Crippen LogP) is 5.15. The molecule has 0 radical (unpaired) electrons. The number of nitrogens with zero attached hydrogens (tertiary/aromatic N) is 1. The van der Waals surface area contributed by atoms with E-state index in [1.165, 1.54) is 0 Å². The number of anilines is 1. The Bertz CT molecular complexity index is 1040. The van der Waals surface area contributed by atoms with Crippen LogP contribution in [0.3, 0.4) is 0 Å². The fourth-order valence-corrected chi connectivity index (χ4v) is 4.08. The zero-order valence-corrected chi connectivity index (χ0v) is 20.7. The fraction of sp³-hybridized carbons (Fsp3) is 0.261. The van der Waals surface area contributed by atoms with Crippen LogP contribution in [-0.2, 0) is 9.59 Å². The number of amides is 3. The number of carbonyl (C=O) groups excluding carboxylic acids is 3. The number of benzene rings is 2. The van der Waals surface area contributed by atoms with Crippen LogP contribution in [0.25, 0.3) is 6.08 Å². The Morgan fingerprint density at radius 3 is 2.53 bits per heavy atom. The summed E-state index contributed by atoms with van der Waals surface area (Å²) in [7, 11) is 0. The van der Waals surface area contributed by atoms with Crippen molar-refractivity contribution >= 4 is 63.2 Å². The van der Waals surface area contributed by atoms with Gasteiger partial charge in [0.15, 0.2) is 11.5 Å². The summed E-state index contributed by atoms with van der Waals surface area (Å²) >= 11 is 2.98. The summed E-state index contributed by atoms with van der Waals surface area (Å²) in [5, 5.41) is 2.22. The van der Waals surface area contributed by atoms with E-state index in [0.717, 1.165) is 26.7 Å². The van der Waals surface area contributed by atoms with Crippen LogP contribution in [0.2, 0.25) is 0 Å². The number of hydrogen-bond donors (Lipinski definition) is 1. The van der Waals surface area contributed by atoms with Gasteiger partial charge in [-0.25, -0.2) is 0 Å². The van der Waals surface area contributed by atoms with Gasteiger partial charge in [0.25, 0.3) is 11.1 Å². The maximum Gasteiger partial charge on any atom is 0.294 e. The van der Waals surface area contributed by atoms with Gasteiger partial charge < -0.3 is 14.8 Å². The van der Waals surface area contributed by atoms with Crippen molar-refractivity contribution in [2.75, 3.05) is 25.1 Å². The third kappa shape index (κ3) is 6.26. The van der Waals surface area contributed by atoms with Crippen LogP contribution in [0.15, 0.2) is 47.4 Å². The minimum Gasteiger partial charge on any atom is -0.490 e. The first kappa shape index (κ1) is 24.1. The van der Waals surface area contributed by atoms with Crippen LogP contribution in [0, 0.1) is 3.57 Å². The molecular weight excluding hydrogens is 543 g/mol. The molecule has 0 spiro atoms. The first-order valence-electron chi connectivity index (χ1n) is 10.1. The molecule has 3 amide bonds. The summed E-state index contributed by atoms with van der Waals surface area (Å²) in [6.07, 6.45) is 2.49. The molecule has 1 heterocycles. The van der Waals surface area contributed by atoms with Gasteiger partial charge in [-0.3, -0.25) is 19.3 Å². The van der Waals surface area contributed by atoms with Gasteiger partial charge in [-0.05, 0) is 95.7 Å². The molecule has 0 bridgehead atoms. The molecule has 9 heteroatoms. The van der Waals surface area contributed by atoms with Gasteiger partial charge in [-0.2, -0.15) is 0 Å². The molecule has 1 aliphatic rings. The Hall–Kier alpha value is -2.53. The number of carbonyl (C=O) groups is 3. The molecule has 1 aliphatic heterocycles. The number of rotatable bonds is 9. The fourth-order valence-electron chi connectivity index (χ4n) is 2.88. The highest BCUT2D eigenvalue weighted by molar-refractivity contribution is 14.1. The molecular formula is C23H23IN2O5S. The van der Waals surface area contributed by atoms with Gasteiger partial charge in [0.05, 0.1) is 18.1 Å². The van der Waals surface area contributed by atoms with Gasteiger partial charge in [-0.15, -0.1) is 0 Å². The molecule has 1 fully saturated rings. The molecule has 7 nitrogen and oxygen atoms in total. The van der Waals surface area contributed by atoms with E-state index < -0.39 is 17.1 Å². The first-order chi connectivity index (χ1) is 15.4. The van der Waals surface area contributed by atoms with Gasteiger partial charge in [0.1, 0.15) is 6.54 Å². The highest BCUT2D eigenvalue weighted by atomic mass is 127. The van der Waals surface area contributed by atoms with Crippen molar-refractivity contribution in [1.29, 1.82) is 0 Å². The van der Waals surface area contributed by atoms with Crippen molar-refractivity contribution in [3.05, 3.63) is 56.5 Å². The Kier molecular flexibility index (Phi) is 8.57. The summed E-state index contributed by atoms with van der Waals surface area (Å²) in [4.78, 5) is 38.6. The Balaban J connectivity index is 1.71. The van der Waals surface area contributed by atoms with Crippen molar-refractivity contribution in [1.82, 2.24) is 4.90 Å². The number of halogens is 1. The number of thioether (sulfide) groups is 1. The zero-order chi connectivity index (χ0) is 23.1. The molecule has 168 valence electrons. The van der Waals surface area contributed by atoms with E-state index in [-0.39, 0.29) is 11.4 Å². The van der Waals surface area contributed by atoms with Gasteiger partial charge in [0, 0.05) is 9.26 Å². The molecule has 1 saturated heterocycles. The Morgan fingerprint density at radius 1 is 1.09 bits per heavy atom. The zero-order valence-electron chi connectivity index (χ0n) is 17.7. The molecule has 2 aromatic rings. The lowest BCUT2D eigenvalue weighted by atomic mass is 10.2. The molecule has 3 rings (SSSR count). The lowest BCUT2D eigenvalue weighted by molar-refractivity contribution is -0.127. The lowest BCUT2D eigenvalue weighted by Crippen LogP contribution is -2.36. The second-order valence-electron chi connectivity index (χ2n) is 6.81. The van der Waals surface area contributed by atoms with Gasteiger partial charge in [0.2, 0.25) is 5.91 Å². The molecule has 1 N–H and O–H groups in total. The number of hydrogen-bond acceptors (Lipinski definition) is 6. The SMILES string of the molecule is CCCOc1ccc(/C=C2\SC(=O)N(CC(=O)Nc3ccc(I)cc3)C2=O)cc1OCC. The highest BCUT2D eigenvalue weighted by Gasteiger charge is 2.36. The first-order valence-corrected chi connectivity index (χ1v) is 12.0. The normalized spacial score (nSPS) is 14.7. The van der Waals surface area contributed by atoms with Crippen molar-refractivity contribution in [2.24, 2.45) is 0 Å². The maximum absolute atomic E-state index is 12.8. The van der Waals surface area contributed by atoms with Crippen molar-refractivity contribution < 1.29 is 23.9 Å². The van der Waals surface area contributed by atoms with Crippen molar-refractivity contribution in [3.8, 4) is 11.5 Å². The van der Waals surface area contributed by atoms with E-state index in [1.54, 1.807) is 36.4 Å². The second-order valence-corrected chi connectivity index (χ2v) is 9.05. The molecule has 0 atom stereocenters. The predicted molar refractivity (Wildman–Crippen MR) is 134 cm³/mol. The van der Waals surface area contributed by atoms with Crippen LogP contribution in [-0.4, -0.2) is 41.7 Å². The quantitative estimate of drug-likeness (QED) is 0.334. The van der Waals surface area contributed by atoms with E-state index in [4.69, 9.17) is 9.47 Å². The van der Waals surface area contributed by atoms with Crippen LogP contribution in [0.1, 0.15) is 25.8 Å². The van der Waals surface area contributed by atoms with Gasteiger partial charge >= 0.3 is 0 Å². The minimum absolute atomic E-state index is 0.252. The van der Waals surface area contributed by atoms with Crippen molar-refractivity contribution in [2.45, 2.75) is 20.3 Å². The summed E-state index contributed by atoms with van der Waals surface area (Å²) in [5.41, 5.74) is 1.30. The van der Waals surface area contributed by atoms with E-state index in [9.17, 15) is 14.4 Å². The summed E-state index contributed by atoms with van der Waals surface area (Å²) < 4.78 is 12.4. The topological polar surface area (TPSA) is 84.9 Å². The van der Waals surface area contributed by atoms with Crippen LogP contribution >= 0.6 is 34.4 Å². The summed E-state index contributed by atoms with van der Waals surface area (Å²) in [5.74, 6) is 0.268. The monoisotopic (exact) mass is 566 g/mol. The highest BCUT2D eigenvalue weighted by Crippen LogP contribution is 2.34. The van der Waals surface area contributed by atoms with E-state index >= 15 is 0 Å². The van der Waals surface area contributed by atoms with Crippen LogP contribution < -0.4 is 14.8 Å². The van der Waals surface area contributed by atoms with Gasteiger partial charge in [-0.1, -0.05) is 13.0 Å². The van der Waals surface area contributed by atoms with Crippen LogP contribution in [0.5, 0.6) is 11.5 Å². The van der Waals surface area contributed by atoms with E-state index in [2.05, 4.69) is 27.9 Å². The standard InChI is InChI=1S/C23H23IN2O5S/c1-3-11-31-18-10-5-15(12-19(18)30-4-2)13-20-22(28)26(23(29)32-20)14-21(27)25-17-8-6-16(24)7-9-17/h5-10,12-13H,3-4,11,14H2,1-2H3,(H,25,27)/b20-13-. The van der Waals surface area contributed by atoms with Crippen LogP contribution in [0.4, 0.5) is 10.5 Å². The Morgan fingerprint density at radius 2 is 1.84 bits per heavy atom. The number of imide groups is 1.